The molecule has 1 fully saturated rings. The number of nitrogens with zero attached hydrogens (tertiary/aromatic N) is 2. The van der Waals surface area contributed by atoms with Gasteiger partial charge in [-0.1, -0.05) is 19.1 Å². The van der Waals surface area contributed by atoms with Gasteiger partial charge in [0.2, 0.25) is 0 Å². The fraction of sp³-hybridized carbons (Fsp3) is 0.500. The molecule has 1 aromatic carbocycles. The van der Waals surface area contributed by atoms with Crippen LogP contribution in [0.1, 0.15) is 38.7 Å². The molecule has 1 aliphatic heterocycles. The molecule has 1 unspecified atom stereocenters. The number of rotatable bonds is 6. The number of carbonyl (C=O) groups is 1. The van der Waals surface area contributed by atoms with Gasteiger partial charge < -0.3 is 15.3 Å². The van der Waals surface area contributed by atoms with Gasteiger partial charge in [-0.2, -0.15) is 5.26 Å². The Morgan fingerprint density at radius 2 is 1.92 bits per heavy atom. The molecule has 5 nitrogen and oxygen atoms in total. The summed E-state index contributed by atoms with van der Waals surface area (Å²) < 4.78 is 0. The minimum atomic E-state index is -0.389. The molecule has 0 saturated carbocycles. The van der Waals surface area contributed by atoms with Crippen molar-refractivity contribution >= 4 is 17.2 Å². The van der Waals surface area contributed by atoms with Crippen LogP contribution in [-0.4, -0.2) is 37.3 Å². The van der Waals surface area contributed by atoms with E-state index in [0.717, 1.165) is 18.7 Å². The Morgan fingerprint density at radius 1 is 1.28 bits per heavy atom. The number of aliphatic hydroxyl groups excluding tert-OH is 1. The van der Waals surface area contributed by atoms with E-state index in [9.17, 15) is 10.1 Å². The van der Waals surface area contributed by atoms with Gasteiger partial charge in [0.15, 0.2) is 0 Å². The summed E-state index contributed by atoms with van der Waals surface area (Å²) in [6.45, 7) is 6.16. The SMILES string of the molecule is C/C(=C(/C#N)C(=O)NCC(C)CO)c1ccc(N2CCCCC2)cc1. The van der Waals surface area contributed by atoms with Crippen molar-refractivity contribution in [3.05, 3.63) is 35.4 Å². The van der Waals surface area contributed by atoms with Crippen molar-refractivity contribution in [1.29, 1.82) is 5.26 Å². The van der Waals surface area contributed by atoms with Gasteiger partial charge in [-0.15, -0.1) is 0 Å². The average Bonchev–Trinajstić information content (AvgIpc) is 2.67. The number of carbonyl (C=O) groups excluding carboxylic acids is 1. The molecule has 0 radical (unpaired) electrons. The first kappa shape index (κ1) is 19.0. The van der Waals surface area contributed by atoms with Gasteiger partial charge in [-0.3, -0.25) is 4.79 Å². The molecule has 0 aliphatic carbocycles. The summed E-state index contributed by atoms with van der Waals surface area (Å²) in [5, 5.41) is 21.1. The fourth-order valence-electron chi connectivity index (χ4n) is 2.94. The number of piperidine rings is 1. The Kier molecular flexibility index (Phi) is 7.03. The molecule has 1 aliphatic rings. The van der Waals surface area contributed by atoms with Crippen LogP contribution in [0.5, 0.6) is 0 Å². The number of anilines is 1. The summed E-state index contributed by atoms with van der Waals surface area (Å²) in [6, 6.07) is 10.1. The minimum Gasteiger partial charge on any atom is -0.396 e. The Morgan fingerprint density at radius 3 is 2.48 bits per heavy atom. The van der Waals surface area contributed by atoms with Crippen molar-refractivity contribution in [3.63, 3.8) is 0 Å². The molecule has 2 N–H and O–H groups in total. The van der Waals surface area contributed by atoms with E-state index in [2.05, 4.69) is 22.3 Å². The second kappa shape index (κ2) is 9.24. The number of amides is 1. The molecule has 25 heavy (non-hydrogen) atoms. The lowest BCUT2D eigenvalue weighted by Gasteiger charge is -2.28. The summed E-state index contributed by atoms with van der Waals surface area (Å²) in [6.07, 6.45) is 3.75. The zero-order valence-corrected chi connectivity index (χ0v) is 15.1. The third-order valence-electron chi connectivity index (χ3n) is 4.66. The van der Waals surface area contributed by atoms with E-state index in [4.69, 9.17) is 5.11 Å². The second-order valence-electron chi connectivity index (χ2n) is 6.70. The van der Waals surface area contributed by atoms with E-state index in [1.165, 1.54) is 24.9 Å². The van der Waals surface area contributed by atoms with E-state index in [1.54, 1.807) is 6.92 Å². The third-order valence-corrected chi connectivity index (χ3v) is 4.66. The first-order chi connectivity index (χ1) is 12.1. The van der Waals surface area contributed by atoms with Gasteiger partial charge in [0.05, 0.1) is 0 Å². The summed E-state index contributed by atoms with van der Waals surface area (Å²) in [5.74, 6) is -0.423. The molecule has 5 heteroatoms. The van der Waals surface area contributed by atoms with Crippen LogP contribution in [-0.2, 0) is 4.79 Å². The quantitative estimate of drug-likeness (QED) is 0.616. The van der Waals surface area contributed by atoms with Gasteiger partial charge >= 0.3 is 0 Å². The number of aliphatic hydroxyl groups is 1. The molecular weight excluding hydrogens is 314 g/mol. The second-order valence-corrected chi connectivity index (χ2v) is 6.70. The van der Waals surface area contributed by atoms with Crippen LogP contribution in [0.15, 0.2) is 29.8 Å². The normalized spacial score (nSPS) is 16.6. The molecule has 0 spiro atoms. The summed E-state index contributed by atoms with van der Waals surface area (Å²) in [5.41, 5.74) is 2.86. The predicted octanol–water partition coefficient (Wildman–Crippen LogP) is 2.72. The smallest absolute Gasteiger partial charge is 0.262 e. The largest absolute Gasteiger partial charge is 0.396 e. The zero-order chi connectivity index (χ0) is 18.2. The van der Waals surface area contributed by atoms with Crippen LogP contribution in [0.3, 0.4) is 0 Å². The highest BCUT2D eigenvalue weighted by Gasteiger charge is 2.15. The number of allylic oxidation sites excluding steroid dienone is 1. The Labute approximate surface area is 150 Å². The fourth-order valence-corrected chi connectivity index (χ4v) is 2.94. The molecule has 1 saturated heterocycles. The Bertz CT molecular complexity index is 653. The molecular formula is C20H27N3O2. The van der Waals surface area contributed by atoms with E-state index in [-0.39, 0.29) is 24.0 Å². The van der Waals surface area contributed by atoms with Crippen LogP contribution >= 0.6 is 0 Å². The van der Waals surface area contributed by atoms with Gasteiger partial charge in [0.25, 0.3) is 5.91 Å². The predicted molar refractivity (Wildman–Crippen MR) is 100.0 cm³/mol. The van der Waals surface area contributed by atoms with E-state index in [0.29, 0.717) is 12.1 Å². The highest BCUT2D eigenvalue weighted by Crippen LogP contribution is 2.24. The molecule has 2 rings (SSSR count). The number of hydrogen-bond acceptors (Lipinski definition) is 4. The van der Waals surface area contributed by atoms with Crippen molar-refractivity contribution in [2.75, 3.05) is 31.1 Å². The van der Waals surface area contributed by atoms with Gasteiger partial charge in [-0.05, 0) is 55.4 Å². The van der Waals surface area contributed by atoms with Crippen LogP contribution in [0, 0.1) is 17.2 Å². The molecule has 1 heterocycles. The van der Waals surface area contributed by atoms with Crippen LogP contribution < -0.4 is 10.2 Å². The van der Waals surface area contributed by atoms with Crippen LogP contribution in [0.25, 0.3) is 5.57 Å². The number of hydrogen-bond donors (Lipinski definition) is 2. The van der Waals surface area contributed by atoms with E-state index >= 15 is 0 Å². The number of benzene rings is 1. The molecule has 1 amide bonds. The number of nitrogens with one attached hydrogen (secondary N) is 1. The topological polar surface area (TPSA) is 76.4 Å². The summed E-state index contributed by atoms with van der Waals surface area (Å²) >= 11 is 0. The van der Waals surface area contributed by atoms with Crippen molar-refractivity contribution in [1.82, 2.24) is 5.32 Å². The lowest BCUT2D eigenvalue weighted by atomic mass is 10.0. The van der Waals surface area contributed by atoms with Gasteiger partial charge in [0, 0.05) is 31.9 Å². The van der Waals surface area contributed by atoms with Crippen molar-refractivity contribution in [2.24, 2.45) is 5.92 Å². The molecule has 134 valence electrons. The lowest BCUT2D eigenvalue weighted by Crippen LogP contribution is -2.30. The average molecular weight is 341 g/mol. The van der Waals surface area contributed by atoms with Crippen molar-refractivity contribution in [3.8, 4) is 6.07 Å². The van der Waals surface area contributed by atoms with Crippen molar-refractivity contribution in [2.45, 2.75) is 33.1 Å². The standard InChI is InChI=1S/C20H27N3O2/c1-15(14-24)13-22-20(25)19(12-21)16(2)17-6-8-18(9-7-17)23-10-4-3-5-11-23/h6-9,15,24H,3-5,10-11,13-14H2,1-2H3,(H,22,25)/b19-16+. The third kappa shape index (κ3) is 5.07. The lowest BCUT2D eigenvalue weighted by molar-refractivity contribution is -0.117. The maximum atomic E-state index is 12.2. The summed E-state index contributed by atoms with van der Waals surface area (Å²) in [4.78, 5) is 14.6. The molecule has 0 bridgehead atoms. The van der Waals surface area contributed by atoms with Gasteiger partial charge in [-0.25, -0.2) is 0 Å². The molecule has 0 aromatic heterocycles. The highest BCUT2D eigenvalue weighted by molar-refractivity contribution is 6.04. The van der Waals surface area contributed by atoms with Gasteiger partial charge in [0.1, 0.15) is 11.6 Å². The maximum Gasteiger partial charge on any atom is 0.262 e. The molecule has 1 atom stereocenters. The maximum absolute atomic E-state index is 12.2. The first-order valence-corrected chi connectivity index (χ1v) is 8.92. The Hall–Kier alpha value is -2.32. The highest BCUT2D eigenvalue weighted by atomic mass is 16.3. The van der Waals surface area contributed by atoms with Crippen LogP contribution in [0.4, 0.5) is 5.69 Å². The Balaban J connectivity index is 2.12. The van der Waals surface area contributed by atoms with Crippen molar-refractivity contribution < 1.29 is 9.90 Å². The van der Waals surface area contributed by atoms with Crippen LogP contribution in [0.2, 0.25) is 0 Å². The van der Waals surface area contributed by atoms with E-state index < -0.39 is 0 Å². The summed E-state index contributed by atoms with van der Waals surface area (Å²) in [7, 11) is 0. The minimum absolute atomic E-state index is 0.00280. The first-order valence-electron chi connectivity index (χ1n) is 8.92. The monoisotopic (exact) mass is 341 g/mol. The zero-order valence-electron chi connectivity index (χ0n) is 15.1. The van der Waals surface area contributed by atoms with E-state index in [1.807, 2.05) is 25.1 Å². The number of nitriles is 1. The molecule has 1 aromatic rings.